The van der Waals surface area contributed by atoms with Crippen molar-refractivity contribution >= 4 is 11.9 Å². The molecular weight excluding hydrogens is 232 g/mol. The molecule has 5 nitrogen and oxygen atoms in total. The van der Waals surface area contributed by atoms with Crippen molar-refractivity contribution in [1.29, 1.82) is 0 Å². The second-order valence-electron chi connectivity index (χ2n) is 5.11. The summed E-state index contributed by atoms with van der Waals surface area (Å²) < 4.78 is 0. The van der Waals surface area contributed by atoms with Crippen molar-refractivity contribution in [3.63, 3.8) is 0 Å². The number of amides is 1. The number of carbonyl (C=O) groups excluding carboxylic acids is 1. The Bertz CT molecular complexity index is 318. The van der Waals surface area contributed by atoms with Crippen LogP contribution < -0.4 is 10.6 Å². The van der Waals surface area contributed by atoms with Gasteiger partial charge in [0.2, 0.25) is 5.91 Å². The zero-order valence-electron chi connectivity index (χ0n) is 11.5. The first-order valence-corrected chi connectivity index (χ1v) is 6.73. The highest BCUT2D eigenvalue weighted by Gasteiger charge is 2.45. The Morgan fingerprint density at radius 1 is 1.33 bits per heavy atom. The van der Waals surface area contributed by atoms with Crippen molar-refractivity contribution < 1.29 is 14.7 Å². The summed E-state index contributed by atoms with van der Waals surface area (Å²) in [5.74, 6) is -1.07. The maximum atomic E-state index is 12.4. The van der Waals surface area contributed by atoms with Crippen molar-refractivity contribution in [2.45, 2.75) is 52.0 Å². The van der Waals surface area contributed by atoms with E-state index in [0.717, 1.165) is 19.4 Å². The summed E-state index contributed by atoms with van der Waals surface area (Å²) in [6.07, 6.45) is 2.31. The van der Waals surface area contributed by atoms with Crippen molar-refractivity contribution in [2.24, 2.45) is 5.41 Å². The zero-order valence-corrected chi connectivity index (χ0v) is 11.5. The van der Waals surface area contributed by atoms with Gasteiger partial charge in [-0.25, -0.2) is 4.79 Å². The number of carboxylic acid groups (broad SMARTS) is 1. The number of hydrogen-bond donors (Lipinski definition) is 3. The molecule has 0 bridgehead atoms. The highest BCUT2D eigenvalue weighted by molar-refractivity contribution is 5.90. The first-order chi connectivity index (χ1) is 8.46. The SMILES string of the molecule is CCC1(C(=O)NC(CC)(CC)C(=O)O)CCNC1. The number of hydrogen-bond acceptors (Lipinski definition) is 3. The van der Waals surface area contributed by atoms with E-state index >= 15 is 0 Å². The van der Waals surface area contributed by atoms with E-state index < -0.39 is 16.9 Å². The molecule has 1 unspecified atom stereocenters. The Kier molecular flexibility index (Phi) is 4.73. The average molecular weight is 256 g/mol. The van der Waals surface area contributed by atoms with E-state index in [2.05, 4.69) is 10.6 Å². The Balaban J connectivity index is 2.87. The molecule has 0 aliphatic carbocycles. The van der Waals surface area contributed by atoms with Crippen LogP contribution in [0.1, 0.15) is 46.5 Å². The molecule has 1 saturated heterocycles. The summed E-state index contributed by atoms with van der Waals surface area (Å²) in [6.45, 7) is 7.03. The number of aliphatic carboxylic acids is 1. The molecule has 1 heterocycles. The lowest BCUT2D eigenvalue weighted by atomic mass is 9.81. The Hall–Kier alpha value is -1.10. The Morgan fingerprint density at radius 3 is 2.28 bits per heavy atom. The highest BCUT2D eigenvalue weighted by atomic mass is 16.4. The molecule has 104 valence electrons. The fraction of sp³-hybridized carbons (Fsp3) is 0.846. The van der Waals surface area contributed by atoms with Crippen LogP contribution in [0, 0.1) is 5.41 Å². The van der Waals surface area contributed by atoms with Gasteiger partial charge in [-0.2, -0.15) is 0 Å². The number of carbonyl (C=O) groups is 2. The number of rotatable bonds is 6. The lowest BCUT2D eigenvalue weighted by Crippen LogP contribution is -2.58. The Morgan fingerprint density at radius 2 is 1.94 bits per heavy atom. The van der Waals surface area contributed by atoms with E-state index in [9.17, 15) is 14.7 Å². The van der Waals surface area contributed by atoms with Crippen LogP contribution in [0.5, 0.6) is 0 Å². The lowest BCUT2D eigenvalue weighted by molar-refractivity contribution is -0.150. The van der Waals surface area contributed by atoms with Crippen LogP contribution in [-0.4, -0.2) is 35.6 Å². The summed E-state index contributed by atoms with van der Waals surface area (Å²) in [7, 11) is 0. The second kappa shape index (κ2) is 5.69. The van der Waals surface area contributed by atoms with Gasteiger partial charge in [-0.15, -0.1) is 0 Å². The number of carboxylic acids is 1. The van der Waals surface area contributed by atoms with Crippen molar-refractivity contribution in [3.05, 3.63) is 0 Å². The van der Waals surface area contributed by atoms with Crippen molar-refractivity contribution in [1.82, 2.24) is 10.6 Å². The molecule has 0 aromatic heterocycles. The number of nitrogens with one attached hydrogen (secondary N) is 2. The zero-order chi connectivity index (χ0) is 13.8. The van der Waals surface area contributed by atoms with Crippen LogP contribution in [0.3, 0.4) is 0 Å². The monoisotopic (exact) mass is 256 g/mol. The van der Waals surface area contributed by atoms with E-state index in [0.29, 0.717) is 19.4 Å². The highest BCUT2D eigenvalue weighted by Crippen LogP contribution is 2.31. The summed E-state index contributed by atoms with van der Waals surface area (Å²) in [5.41, 5.74) is -1.56. The van der Waals surface area contributed by atoms with E-state index in [4.69, 9.17) is 0 Å². The van der Waals surface area contributed by atoms with Gasteiger partial charge in [-0.1, -0.05) is 20.8 Å². The van der Waals surface area contributed by atoms with Crippen LogP contribution in [0.2, 0.25) is 0 Å². The minimum Gasteiger partial charge on any atom is -0.480 e. The summed E-state index contributed by atoms with van der Waals surface area (Å²) >= 11 is 0. The predicted molar refractivity (Wildman–Crippen MR) is 69.3 cm³/mol. The molecule has 1 atom stereocenters. The smallest absolute Gasteiger partial charge is 0.329 e. The molecule has 0 radical (unpaired) electrons. The van der Waals surface area contributed by atoms with Gasteiger partial charge in [-0.3, -0.25) is 4.79 Å². The molecule has 1 rings (SSSR count). The quantitative estimate of drug-likeness (QED) is 0.666. The van der Waals surface area contributed by atoms with Gasteiger partial charge in [0.25, 0.3) is 0 Å². The third kappa shape index (κ3) is 2.51. The molecule has 1 aliphatic rings. The van der Waals surface area contributed by atoms with E-state index in [1.54, 1.807) is 13.8 Å². The molecule has 1 aliphatic heterocycles. The minimum atomic E-state index is -1.12. The summed E-state index contributed by atoms with van der Waals surface area (Å²) in [5, 5.41) is 15.3. The molecule has 0 saturated carbocycles. The second-order valence-corrected chi connectivity index (χ2v) is 5.11. The van der Waals surface area contributed by atoms with Gasteiger partial charge in [0.1, 0.15) is 5.54 Å². The van der Waals surface area contributed by atoms with Gasteiger partial charge in [0.05, 0.1) is 5.41 Å². The fourth-order valence-electron chi connectivity index (χ4n) is 2.53. The standard InChI is InChI=1S/C13H24N2O3/c1-4-12(7-8-14-9-12)10(16)15-13(5-2,6-3)11(17)18/h14H,4-9H2,1-3H3,(H,15,16)(H,17,18). The van der Waals surface area contributed by atoms with Gasteiger partial charge in [0, 0.05) is 6.54 Å². The fourth-order valence-corrected chi connectivity index (χ4v) is 2.53. The van der Waals surface area contributed by atoms with Gasteiger partial charge in [-0.05, 0) is 32.2 Å². The van der Waals surface area contributed by atoms with Crippen LogP contribution in [0.15, 0.2) is 0 Å². The molecule has 3 N–H and O–H groups in total. The van der Waals surface area contributed by atoms with Gasteiger partial charge in [0.15, 0.2) is 0 Å². The lowest BCUT2D eigenvalue weighted by Gasteiger charge is -2.34. The Labute approximate surface area is 108 Å². The van der Waals surface area contributed by atoms with Crippen LogP contribution in [0.4, 0.5) is 0 Å². The largest absolute Gasteiger partial charge is 0.480 e. The van der Waals surface area contributed by atoms with Crippen molar-refractivity contribution in [2.75, 3.05) is 13.1 Å². The van der Waals surface area contributed by atoms with Crippen LogP contribution in [-0.2, 0) is 9.59 Å². The normalized spacial score (nSPS) is 23.9. The predicted octanol–water partition coefficient (Wildman–Crippen LogP) is 1.14. The van der Waals surface area contributed by atoms with Gasteiger partial charge >= 0.3 is 5.97 Å². The van der Waals surface area contributed by atoms with Crippen LogP contribution >= 0.6 is 0 Å². The van der Waals surface area contributed by atoms with E-state index in [-0.39, 0.29) is 5.91 Å². The minimum absolute atomic E-state index is 0.124. The molecule has 1 fully saturated rings. The van der Waals surface area contributed by atoms with E-state index in [1.165, 1.54) is 0 Å². The maximum absolute atomic E-state index is 12.4. The summed E-state index contributed by atoms with van der Waals surface area (Å²) in [4.78, 5) is 23.8. The van der Waals surface area contributed by atoms with Crippen molar-refractivity contribution in [3.8, 4) is 0 Å². The average Bonchev–Trinajstić information content (AvgIpc) is 2.85. The topological polar surface area (TPSA) is 78.4 Å². The third-order valence-corrected chi connectivity index (χ3v) is 4.37. The van der Waals surface area contributed by atoms with Crippen LogP contribution in [0.25, 0.3) is 0 Å². The molecule has 0 spiro atoms. The first kappa shape index (κ1) is 15.0. The molecular formula is C13H24N2O3. The molecule has 5 heteroatoms. The summed E-state index contributed by atoms with van der Waals surface area (Å²) in [6, 6.07) is 0. The molecule has 0 aromatic rings. The van der Waals surface area contributed by atoms with Gasteiger partial charge < -0.3 is 15.7 Å². The molecule has 1 amide bonds. The molecule has 18 heavy (non-hydrogen) atoms. The third-order valence-electron chi connectivity index (χ3n) is 4.37. The first-order valence-electron chi connectivity index (χ1n) is 6.73. The maximum Gasteiger partial charge on any atom is 0.329 e. The van der Waals surface area contributed by atoms with E-state index in [1.807, 2.05) is 6.92 Å². The molecule has 0 aromatic carbocycles.